The normalized spacial score (nSPS) is 17.6. The first-order valence-corrected chi connectivity index (χ1v) is 6.98. The van der Waals surface area contributed by atoms with Crippen LogP contribution in [-0.2, 0) is 7.05 Å². The highest BCUT2D eigenvalue weighted by molar-refractivity contribution is 6.07. The number of aromatic nitrogens is 1. The summed E-state index contributed by atoms with van der Waals surface area (Å²) in [4.78, 5) is 14.3. The molecule has 1 aromatic carbocycles. The average molecular weight is 272 g/mol. The van der Waals surface area contributed by atoms with Gasteiger partial charge in [0.05, 0.1) is 18.7 Å². The number of benzene rings is 1. The lowest BCUT2D eigenvalue weighted by molar-refractivity contribution is -0.110. The molecule has 0 radical (unpaired) electrons. The Morgan fingerprint density at radius 3 is 2.60 bits per heavy atom. The molecule has 0 atom stereocenters. The van der Waals surface area contributed by atoms with Gasteiger partial charge in [-0.05, 0) is 12.0 Å². The van der Waals surface area contributed by atoms with E-state index in [2.05, 4.69) is 0 Å². The van der Waals surface area contributed by atoms with Crippen molar-refractivity contribution in [1.29, 1.82) is 0 Å². The first kappa shape index (κ1) is 13.2. The predicted octanol–water partition coefficient (Wildman–Crippen LogP) is 2.02. The van der Waals surface area contributed by atoms with E-state index < -0.39 is 5.60 Å². The summed E-state index contributed by atoms with van der Waals surface area (Å²) in [6, 6.07) is 7.89. The topological polar surface area (TPSA) is 45.5 Å². The summed E-state index contributed by atoms with van der Waals surface area (Å²) in [5.41, 5.74) is 1.05. The van der Waals surface area contributed by atoms with Crippen molar-refractivity contribution in [2.45, 2.75) is 19.4 Å². The van der Waals surface area contributed by atoms with Crippen LogP contribution in [0.25, 0.3) is 10.9 Å². The van der Waals surface area contributed by atoms with Gasteiger partial charge in [-0.25, -0.2) is 0 Å². The Labute approximate surface area is 118 Å². The number of carbonyl (C=O) groups is 1. The minimum atomic E-state index is -0.722. The van der Waals surface area contributed by atoms with Crippen LogP contribution in [0, 0.1) is 5.92 Å². The van der Waals surface area contributed by atoms with E-state index in [4.69, 9.17) is 0 Å². The molecule has 4 heteroatoms. The van der Waals surface area contributed by atoms with Crippen LogP contribution in [0.15, 0.2) is 30.5 Å². The maximum Gasteiger partial charge on any atom is 0.256 e. The minimum absolute atomic E-state index is 0.00660. The van der Waals surface area contributed by atoms with E-state index in [-0.39, 0.29) is 11.8 Å². The fourth-order valence-corrected chi connectivity index (χ4v) is 2.81. The van der Waals surface area contributed by atoms with Gasteiger partial charge in [-0.1, -0.05) is 32.0 Å². The molecule has 4 nitrogen and oxygen atoms in total. The molecule has 2 aromatic rings. The van der Waals surface area contributed by atoms with E-state index in [0.717, 1.165) is 10.9 Å². The molecule has 0 saturated carbocycles. The van der Waals surface area contributed by atoms with Gasteiger partial charge in [-0.3, -0.25) is 4.79 Å². The van der Waals surface area contributed by atoms with E-state index in [9.17, 15) is 9.90 Å². The van der Waals surface area contributed by atoms with Crippen molar-refractivity contribution >= 4 is 16.8 Å². The van der Waals surface area contributed by atoms with E-state index in [1.807, 2.05) is 55.9 Å². The van der Waals surface area contributed by atoms with E-state index in [0.29, 0.717) is 18.7 Å². The Hall–Kier alpha value is -1.81. The van der Waals surface area contributed by atoms with Crippen molar-refractivity contribution in [3.63, 3.8) is 0 Å². The largest absolute Gasteiger partial charge is 0.386 e. The number of aliphatic hydroxyl groups is 1. The van der Waals surface area contributed by atoms with Gasteiger partial charge in [-0.15, -0.1) is 0 Å². The van der Waals surface area contributed by atoms with Gasteiger partial charge < -0.3 is 14.6 Å². The first-order valence-electron chi connectivity index (χ1n) is 6.98. The number of hydrogen-bond acceptors (Lipinski definition) is 2. The van der Waals surface area contributed by atoms with Crippen molar-refractivity contribution in [2.75, 3.05) is 13.1 Å². The number of para-hydroxylation sites is 1. The van der Waals surface area contributed by atoms with Crippen molar-refractivity contribution in [3.05, 3.63) is 36.0 Å². The molecule has 0 aliphatic carbocycles. The quantitative estimate of drug-likeness (QED) is 0.909. The predicted molar refractivity (Wildman–Crippen MR) is 78.6 cm³/mol. The fraction of sp³-hybridized carbons (Fsp3) is 0.438. The van der Waals surface area contributed by atoms with E-state index in [1.54, 1.807) is 4.90 Å². The van der Waals surface area contributed by atoms with Crippen molar-refractivity contribution < 1.29 is 9.90 Å². The molecule has 1 amide bonds. The summed E-state index contributed by atoms with van der Waals surface area (Å²) >= 11 is 0. The van der Waals surface area contributed by atoms with E-state index >= 15 is 0 Å². The maximum atomic E-state index is 12.6. The number of β-amino-alcohol motifs (C(OH)–C–C–N with tert-alkyl or cyclic N) is 1. The Morgan fingerprint density at radius 2 is 1.95 bits per heavy atom. The minimum Gasteiger partial charge on any atom is -0.386 e. The standard InChI is InChI=1S/C16H20N2O2/c1-11(2)16(20)9-18(10-16)15(19)13-8-17(3)14-7-5-4-6-12(13)14/h4-8,11,20H,9-10H2,1-3H3. The van der Waals surface area contributed by atoms with Gasteiger partial charge in [0.2, 0.25) is 0 Å². The summed E-state index contributed by atoms with van der Waals surface area (Å²) < 4.78 is 1.97. The van der Waals surface area contributed by atoms with Crippen LogP contribution in [0.2, 0.25) is 0 Å². The van der Waals surface area contributed by atoms with Gasteiger partial charge in [0.25, 0.3) is 5.91 Å². The second-order valence-corrected chi connectivity index (χ2v) is 6.09. The molecular formula is C16H20N2O2. The molecule has 1 N–H and O–H groups in total. The fourth-order valence-electron chi connectivity index (χ4n) is 2.81. The van der Waals surface area contributed by atoms with Crippen LogP contribution in [0.3, 0.4) is 0 Å². The molecule has 106 valence electrons. The number of hydrogen-bond donors (Lipinski definition) is 1. The zero-order valence-corrected chi connectivity index (χ0v) is 12.1. The zero-order valence-electron chi connectivity index (χ0n) is 12.1. The Kier molecular flexibility index (Phi) is 2.87. The molecule has 1 saturated heterocycles. The van der Waals surface area contributed by atoms with E-state index in [1.165, 1.54) is 0 Å². The van der Waals surface area contributed by atoms with Gasteiger partial charge in [0.15, 0.2) is 0 Å². The maximum absolute atomic E-state index is 12.6. The molecule has 1 aromatic heterocycles. The summed E-state index contributed by atoms with van der Waals surface area (Å²) in [5, 5.41) is 11.2. The summed E-state index contributed by atoms with van der Waals surface area (Å²) in [6.07, 6.45) is 1.87. The lowest BCUT2D eigenvalue weighted by Crippen LogP contribution is -2.65. The van der Waals surface area contributed by atoms with Crippen LogP contribution in [0.1, 0.15) is 24.2 Å². The number of likely N-dealkylation sites (tertiary alicyclic amines) is 1. The lowest BCUT2D eigenvalue weighted by atomic mass is 9.82. The molecule has 1 aliphatic heterocycles. The highest BCUT2D eigenvalue weighted by Crippen LogP contribution is 2.31. The van der Waals surface area contributed by atoms with Gasteiger partial charge >= 0.3 is 0 Å². The Bertz CT molecular complexity index is 666. The SMILES string of the molecule is CC(C)C1(O)CN(C(=O)c2cn(C)c3ccccc23)C1. The third kappa shape index (κ3) is 1.83. The average Bonchev–Trinajstić information content (AvgIpc) is 2.72. The second kappa shape index (κ2) is 4.35. The third-order valence-corrected chi connectivity index (χ3v) is 4.42. The van der Waals surface area contributed by atoms with Crippen LogP contribution in [0.5, 0.6) is 0 Å². The number of fused-ring (bicyclic) bond motifs is 1. The second-order valence-electron chi connectivity index (χ2n) is 6.09. The third-order valence-electron chi connectivity index (χ3n) is 4.42. The monoisotopic (exact) mass is 272 g/mol. The highest BCUT2D eigenvalue weighted by Gasteiger charge is 2.46. The smallest absolute Gasteiger partial charge is 0.256 e. The van der Waals surface area contributed by atoms with Crippen LogP contribution in [0.4, 0.5) is 0 Å². The summed E-state index contributed by atoms with van der Waals surface area (Å²) in [6.45, 7) is 4.82. The van der Waals surface area contributed by atoms with Gasteiger partial charge in [0, 0.05) is 24.1 Å². The summed E-state index contributed by atoms with van der Waals surface area (Å²) in [7, 11) is 1.94. The van der Waals surface area contributed by atoms with Crippen molar-refractivity contribution in [3.8, 4) is 0 Å². The van der Waals surface area contributed by atoms with Gasteiger partial charge in [0.1, 0.15) is 5.60 Å². The number of carbonyl (C=O) groups excluding carboxylic acids is 1. The van der Waals surface area contributed by atoms with Crippen LogP contribution in [-0.4, -0.2) is 39.2 Å². The summed E-state index contributed by atoms with van der Waals surface area (Å²) in [5.74, 6) is 0.172. The van der Waals surface area contributed by atoms with Crippen LogP contribution >= 0.6 is 0 Å². The Balaban J connectivity index is 1.88. The number of amides is 1. The van der Waals surface area contributed by atoms with Crippen LogP contribution < -0.4 is 0 Å². The molecule has 1 fully saturated rings. The number of aryl methyl sites for hydroxylation is 1. The molecule has 20 heavy (non-hydrogen) atoms. The molecule has 0 bridgehead atoms. The highest BCUT2D eigenvalue weighted by atomic mass is 16.3. The first-order chi connectivity index (χ1) is 9.42. The molecular weight excluding hydrogens is 252 g/mol. The Morgan fingerprint density at radius 1 is 1.30 bits per heavy atom. The zero-order chi connectivity index (χ0) is 14.5. The molecule has 2 heterocycles. The molecule has 1 aliphatic rings. The van der Waals surface area contributed by atoms with Crippen molar-refractivity contribution in [2.24, 2.45) is 13.0 Å². The lowest BCUT2D eigenvalue weighted by Gasteiger charge is -2.49. The molecule has 0 spiro atoms. The number of nitrogens with zero attached hydrogens (tertiary/aromatic N) is 2. The van der Waals surface area contributed by atoms with Crippen molar-refractivity contribution in [1.82, 2.24) is 9.47 Å². The molecule has 0 unspecified atom stereocenters. The van der Waals surface area contributed by atoms with Gasteiger partial charge in [-0.2, -0.15) is 0 Å². The number of rotatable bonds is 2. The molecule has 3 rings (SSSR count).